The Kier molecular flexibility index (Phi) is 4.25. The van der Waals surface area contributed by atoms with Crippen molar-refractivity contribution in [2.24, 2.45) is 5.92 Å². The number of amides is 1. The van der Waals surface area contributed by atoms with E-state index >= 15 is 0 Å². The third kappa shape index (κ3) is 2.98. The minimum Gasteiger partial charge on any atom is -0.335 e. The lowest BCUT2D eigenvalue weighted by atomic mass is 9.90. The highest BCUT2D eigenvalue weighted by Crippen LogP contribution is 2.33. The highest BCUT2D eigenvalue weighted by Gasteiger charge is 2.32. The molecule has 1 atom stereocenters. The van der Waals surface area contributed by atoms with Crippen LogP contribution in [-0.4, -0.2) is 22.6 Å². The second-order valence-electron chi connectivity index (χ2n) is 5.21. The summed E-state index contributed by atoms with van der Waals surface area (Å²) in [6, 6.07) is 7.74. The van der Waals surface area contributed by atoms with Crippen LogP contribution in [0.5, 0.6) is 0 Å². The zero-order valence-electron chi connectivity index (χ0n) is 11.2. The largest absolute Gasteiger partial charge is 0.335 e. The second kappa shape index (κ2) is 5.74. The van der Waals surface area contributed by atoms with Crippen molar-refractivity contribution in [3.63, 3.8) is 0 Å². The SMILES string of the molecule is CC(C)C(=O)N1CCc2ccccc2C1CC(=O)Cl. The number of rotatable bonds is 3. The molecule has 0 fully saturated rings. The summed E-state index contributed by atoms with van der Waals surface area (Å²) in [4.78, 5) is 25.4. The topological polar surface area (TPSA) is 37.4 Å². The van der Waals surface area contributed by atoms with E-state index in [-0.39, 0.29) is 24.3 Å². The average molecular weight is 280 g/mol. The van der Waals surface area contributed by atoms with Crippen molar-refractivity contribution < 1.29 is 9.59 Å². The molecule has 0 aliphatic carbocycles. The fraction of sp³-hybridized carbons (Fsp3) is 0.467. The van der Waals surface area contributed by atoms with Crippen molar-refractivity contribution in [1.82, 2.24) is 4.90 Å². The Balaban J connectivity index is 2.36. The van der Waals surface area contributed by atoms with Crippen LogP contribution >= 0.6 is 11.6 Å². The van der Waals surface area contributed by atoms with Crippen LogP contribution in [0.1, 0.15) is 37.4 Å². The number of hydrogen-bond donors (Lipinski definition) is 0. The fourth-order valence-corrected chi connectivity index (χ4v) is 2.77. The summed E-state index contributed by atoms with van der Waals surface area (Å²) < 4.78 is 0. The quantitative estimate of drug-likeness (QED) is 0.798. The molecule has 1 aromatic rings. The van der Waals surface area contributed by atoms with Gasteiger partial charge in [0.1, 0.15) is 0 Å². The lowest BCUT2D eigenvalue weighted by Gasteiger charge is -2.37. The van der Waals surface area contributed by atoms with Crippen molar-refractivity contribution in [2.45, 2.75) is 32.7 Å². The number of halogens is 1. The third-order valence-electron chi connectivity index (χ3n) is 3.54. The van der Waals surface area contributed by atoms with Crippen LogP contribution in [0.25, 0.3) is 0 Å². The van der Waals surface area contributed by atoms with Gasteiger partial charge in [0.25, 0.3) is 0 Å². The summed E-state index contributed by atoms with van der Waals surface area (Å²) in [6.45, 7) is 4.41. The first-order valence-electron chi connectivity index (χ1n) is 6.57. The molecule has 1 unspecified atom stereocenters. The first-order valence-corrected chi connectivity index (χ1v) is 6.95. The van der Waals surface area contributed by atoms with Crippen LogP contribution in [0.15, 0.2) is 24.3 Å². The Morgan fingerprint density at radius 1 is 1.37 bits per heavy atom. The van der Waals surface area contributed by atoms with E-state index in [1.807, 2.05) is 32.0 Å². The highest BCUT2D eigenvalue weighted by atomic mass is 35.5. The van der Waals surface area contributed by atoms with E-state index in [1.165, 1.54) is 5.56 Å². The molecule has 0 saturated heterocycles. The maximum absolute atomic E-state index is 12.3. The van der Waals surface area contributed by atoms with Gasteiger partial charge in [0.2, 0.25) is 11.1 Å². The zero-order valence-corrected chi connectivity index (χ0v) is 12.0. The summed E-state index contributed by atoms with van der Waals surface area (Å²) in [5, 5.41) is -0.400. The summed E-state index contributed by atoms with van der Waals surface area (Å²) in [5.74, 6) is 0.00982. The van der Waals surface area contributed by atoms with Gasteiger partial charge in [-0.1, -0.05) is 38.1 Å². The van der Waals surface area contributed by atoms with Gasteiger partial charge in [-0.25, -0.2) is 0 Å². The maximum atomic E-state index is 12.3. The van der Waals surface area contributed by atoms with E-state index in [4.69, 9.17) is 11.6 Å². The molecular weight excluding hydrogens is 262 g/mol. The third-order valence-corrected chi connectivity index (χ3v) is 3.70. The molecule has 1 aliphatic rings. The minimum atomic E-state index is -0.400. The number of benzene rings is 1. The molecule has 0 radical (unpaired) electrons. The Morgan fingerprint density at radius 2 is 2.05 bits per heavy atom. The molecule has 2 rings (SSSR count). The van der Waals surface area contributed by atoms with Crippen LogP contribution in [0.4, 0.5) is 0 Å². The number of nitrogens with zero attached hydrogens (tertiary/aromatic N) is 1. The Bertz CT molecular complexity index is 499. The molecule has 0 N–H and O–H groups in total. The molecule has 19 heavy (non-hydrogen) atoms. The molecule has 102 valence electrons. The van der Waals surface area contributed by atoms with Crippen LogP contribution in [0.3, 0.4) is 0 Å². The summed E-state index contributed by atoms with van der Waals surface area (Å²) in [5.41, 5.74) is 2.26. The van der Waals surface area contributed by atoms with Gasteiger partial charge >= 0.3 is 0 Å². The molecular formula is C15H18ClNO2. The van der Waals surface area contributed by atoms with Crippen LogP contribution in [-0.2, 0) is 16.0 Å². The Hall–Kier alpha value is -1.35. The van der Waals surface area contributed by atoms with Crippen LogP contribution in [0, 0.1) is 5.92 Å². The van der Waals surface area contributed by atoms with Gasteiger partial charge in [0.15, 0.2) is 0 Å². The highest BCUT2D eigenvalue weighted by molar-refractivity contribution is 6.63. The van der Waals surface area contributed by atoms with Crippen molar-refractivity contribution in [3.05, 3.63) is 35.4 Å². The molecule has 1 amide bonds. The van der Waals surface area contributed by atoms with Crippen LogP contribution in [0.2, 0.25) is 0 Å². The van der Waals surface area contributed by atoms with Gasteiger partial charge in [-0.05, 0) is 29.1 Å². The molecule has 1 heterocycles. The van der Waals surface area contributed by atoms with Gasteiger partial charge in [-0.15, -0.1) is 0 Å². The molecule has 0 spiro atoms. The number of carbonyl (C=O) groups is 2. The molecule has 0 aromatic heterocycles. The first-order chi connectivity index (χ1) is 9.00. The summed E-state index contributed by atoms with van der Waals surface area (Å²) in [7, 11) is 0. The number of hydrogen-bond acceptors (Lipinski definition) is 2. The fourth-order valence-electron chi connectivity index (χ4n) is 2.62. The van der Waals surface area contributed by atoms with E-state index in [2.05, 4.69) is 6.07 Å². The van der Waals surface area contributed by atoms with Gasteiger partial charge < -0.3 is 4.90 Å². The van der Waals surface area contributed by atoms with Gasteiger partial charge in [-0.3, -0.25) is 9.59 Å². The first kappa shape index (κ1) is 14.1. The smallest absolute Gasteiger partial charge is 0.225 e. The standard InChI is InChI=1S/C15H18ClNO2/c1-10(2)15(19)17-8-7-11-5-3-4-6-12(11)13(17)9-14(16)18/h3-6,10,13H,7-9H2,1-2H3. The molecule has 1 aliphatic heterocycles. The van der Waals surface area contributed by atoms with Gasteiger partial charge in [0.05, 0.1) is 6.04 Å². The van der Waals surface area contributed by atoms with E-state index < -0.39 is 5.24 Å². The zero-order chi connectivity index (χ0) is 14.0. The second-order valence-corrected chi connectivity index (χ2v) is 5.63. The normalized spacial score (nSPS) is 18.3. The van der Waals surface area contributed by atoms with Crippen molar-refractivity contribution in [1.29, 1.82) is 0 Å². The molecule has 1 aromatic carbocycles. The molecule has 0 bridgehead atoms. The number of carbonyl (C=O) groups excluding carboxylic acids is 2. The number of fused-ring (bicyclic) bond motifs is 1. The van der Waals surface area contributed by atoms with Crippen molar-refractivity contribution in [2.75, 3.05) is 6.54 Å². The lowest BCUT2D eigenvalue weighted by Crippen LogP contribution is -2.42. The van der Waals surface area contributed by atoms with E-state index in [9.17, 15) is 9.59 Å². The van der Waals surface area contributed by atoms with E-state index in [1.54, 1.807) is 4.90 Å². The monoisotopic (exact) mass is 279 g/mol. The van der Waals surface area contributed by atoms with E-state index in [0.717, 1.165) is 12.0 Å². The predicted molar refractivity (Wildman–Crippen MR) is 74.9 cm³/mol. The van der Waals surface area contributed by atoms with Crippen LogP contribution < -0.4 is 0 Å². The summed E-state index contributed by atoms with van der Waals surface area (Å²) >= 11 is 5.55. The lowest BCUT2D eigenvalue weighted by molar-refractivity contribution is -0.138. The van der Waals surface area contributed by atoms with Gasteiger partial charge in [0, 0.05) is 18.9 Å². The molecule has 0 saturated carbocycles. The van der Waals surface area contributed by atoms with Crippen molar-refractivity contribution in [3.8, 4) is 0 Å². The minimum absolute atomic E-state index is 0.0711. The maximum Gasteiger partial charge on any atom is 0.225 e. The Labute approximate surface area is 118 Å². The van der Waals surface area contributed by atoms with Gasteiger partial charge in [-0.2, -0.15) is 0 Å². The van der Waals surface area contributed by atoms with Crippen molar-refractivity contribution >= 4 is 22.8 Å². The average Bonchev–Trinajstić information content (AvgIpc) is 2.37. The Morgan fingerprint density at radius 3 is 2.68 bits per heavy atom. The summed E-state index contributed by atoms with van der Waals surface area (Å²) in [6.07, 6.45) is 1.01. The van der Waals surface area contributed by atoms with E-state index in [0.29, 0.717) is 6.54 Å². The molecule has 3 nitrogen and oxygen atoms in total. The molecule has 4 heteroatoms. The predicted octanol–water partition coefficient (Wildman–Crippen LogP) is 2.92.